The first kappa shape index (κ1) is 15.8. The fourth-order valence-electron chi connectivity index (χ4n) is 2.99. The lowest BCUT2D eigenvalue weighted by molar-refractivity contribution is -0.142. The van der Waals surface area contributed by atoms with Gasteiger partial charge in [0, 0.05) is 24.3 Å². The number of ether oxygens (including phenoxy) is 1. The van der Waals surface area contributed by atoms with Crippen LogP contribution in [0.3, 0.4) is 0 Å². The third-order valence-electron chi connectivity index (χ3n) is 4.30. The highest BCUT2D eigenvalue weighted by atomic mass is 16.5. The topological polar surface area (TPSA) is 41.6 Å². The van der Waals surface area contributed by atoms with Crippen molar-refractivity contribution in [1.29, 1.82) is 0 Å². The summed E-state index contributed by atoms with van der Waals surface area (Å²) in [4.78, 5) is 14.1. The second-order valence-corrected chi connectivity index (χ2v) is 5.78. The van der Waals surface area contributed by atoms with E-state index in [1.165, 1.54) is 12.8 Å². The van der Waals surface area contributed by atoms with Gasteiger partial charge in [-0.3, -0.25) is 4.79 Å². The van der Waals surface area contributed by atoms with Gasteiger partial charge in [-0.1, -0.05) is 25.1 Å². The van der Waals surface area contributed by atoms with Gasteiger partial charge in [0.25, 0.3) is 0 Å². The van der Waals surface area contributed by atoms with Crippen LogP contribution in [0.4, 0.5) is 5.69 Å². The van der Waals surface area contributed by atoms with Crippen LogP contribution in [0.2, 0.25) is 0 Å². The lowest BCUT2D eigenvalue weighted by Crippen LogP contribution is -2.54. The first-order valence-electron chi connectivity index (χ1n) is 7.81. The number of hydrogen-bond donors (Lipinski definition) is 1. The second-order valence-electron chi connectivity index (χ2n) is 5.78. The molecule has 1 N–H and O–H groups in total. The average molecular weight is 290 g/mol. The number of hydrogen-bond acceptors (Lipinski definition) is 4. The van der Waals surface area contributed by atoms with Crippen LogP contribution in [0, 0.1) is 0 Å². The van der Waals surface area contributed by atoms with E-state index < -0.39 is 0 Å². The molecule has 0 bridgehead atoms. The first-order valence-corrected chi connectivity index (χ1v) is 7.81. The number of piperidine rings is 1. The molecule has 0 atom stereocenters. The minimum atomic E-state index is -0.119. The van der Waals surface area contributed by atoms with Gasteiger partial charge in [-0.2, -0.15) is 0 Å². The highest BCUT2D eigenvalue weighted by Crippen LogP contribution is 2.29. The Hall–Kier alpha value is -1.55. The van der Waals surface area contributed by atoms with Gasteiger partial charge in [-0.15, -0.1) is 0 Å². The lowest BCUT2D eigenvalue weighted by atomic mass is 9.84. The van der Waals surface area contributed by atoms with Crippen molar-refractivity contribution in [1.82, 2.24) is 5.32 Å². The van der Waals surface area contributed by atoms with Crippen molar-refractivity contribution in [2.45, 2.75) is 38.1 Å². The summed E-state index contributed by atoms with van der Waals surface area (Å²) in [5.74, 6) is -0.119. The number of esters is 1. The Bertz CT molecular complexity index is 439. The van der Waals surface area contributed by atoms with Gasteiger partial charge in [0.05, 0.1) is 13.5 Å². The van der Waals surface area contributed by atoms with Crippen LogP contribution >= 0.6 is 0 Å². The maximum absolute atomic E-state index is 11.7. The molecular weight excluding hydrogens is 264 g/mol. The van der Waals surface area contributed by atoms with Gasteiger partial charge >= 0.3 is 5.97 Å². The Morgan fingerprint density at radius 2 is 1.95 bits per heavy atom. The summed E-state index contributed by atoms with van der Waals surface area (Å²) in [5, 5.41) is 3.59. The van der Waals surface area contributed by atoms with Crippen LogP contribution in [-0.4, -0.2) is 38.3 Å². The van der Waals surface area contributed by atoms with E-state index in [4.69, 9.17) is 4.74 Å². The predicted molar refractivity (Wildman–Crippen MR) is 85.5 cm³/mol. The highest BCUT2D eigenvalue weighted by Gasteiger charge is 2.36. The molecule has 0 aromatic heterocycles. The number of carbonyl (C=O) groups excluding carboxylic acids is 1. The summed E-state index contributed by atoms with van der Waals surface area (Å²) >= 11 is 0. The predicted octanol–water partition coefficient (Wildman–Crippen LogP) is 2.59. The number of rotatable bonds is 6. The number of benzene rings is 1. The van der Waals surface area contributed by atoms with Crippen molar-refractivity contribution >= 4 is 11.7 Å². The van der Waals surface area contributed by atoms with Gasteiger partial charge in [0.1, 0.15) is 0 Å². The van der Waals surface area contributed by atoms with E-state index in [-0.39, 0.29) is 11.5 Å². The molecule has 1 fully saturated rings. The van der Waals surface area contributed by atoms with Crippen LogP contribution < -0.4 is 10.2 Å². The fraction of sp³-hybridized carbons (Fsp3) is 0.588. The van der Waals surface area contributed by atoms with Crippen LogP contribution in [-0.2, 0) is 9.53 Å². The van der Waals surface area contributed by atoms with E-state index >= 15 is 0 Å². The Labute approximate surface area is 127 Å². The van der Waals surface area contributed by atoms with Gasteiger partial charge in [0.15, 0.2) is 0 Å². The number of methoxy groups -OCH3 is 1. The van der Waals surface area contributed by atoms with Gasteiger partial charge in [-0.25, -0.2) is 0 Å². The summed E-state index contributed by atoms with van der Waals surface area (Å²) in [6.07, 6.45) is 3.48. The average Bonchev–Trinajstić information content (AvgIpc) is 2.54. The molecule has 4 heteroatoms. The SMILES string of the molecule is CCCNC1(CC(=O)OC)CCN(c2ccccc2)CC1. The maximum atomic E-state index is 11.7. The van der Waals surface area contributed by atoms with Crippen molar-refractivity contribution < 1.29 is 9.53 Å². The molecule has 2 rings (SSSR count). The molecule has 21 heavy (non-hydrogen) atoms. The van der Waals surface area contributed by atoms with Gasteiger partial charge < -0.3 is 15.0 Å². The van der Waals surface area contributed by atoms with E-state index in [2.05, 4.69) is 41.4 Å². The monoisotopic (exact) mass is 290 g/mol. The molecule has 0 radical (unpaired) electrons. The first-order chi connectivity index (χ1) is 10.2. The third kappa shape index (κ3) is 4.21. The minimum Gasteiger partial charge on any atom is -0.469 e. The van der Waals surface area contributed by atoms with Crippen LogP contribution in [0.15, 0.2) is 30.3 Å². The molecule has 0 unspecified atom stereocenters. The molecule has 116 valence electrons. The highest BCUT2D eigenvalue weighted by molar-refractivity contribution is 5.71. The molecule has 1 aromatic rings. The molecule has 1 aliphatic heterocycles. The van der Waals surface area contributed by atoms with E-state index in [1.807, 2.05) is 6.07 Å². The summed E-state index contributed by atoms with van der Waals surface area (Å²) in [6.45, 7) is 5.04. The summed E-state index contributed by atoms with van der Waals surface area (Å²) < 4.78 is 4.88. The molecular formula is C17H26N2O2. The largest absolute Gasteiger partial charge is 0.469 e. The number of carbonyl (C=O) groups is 1. The summed E-state index contributed by atoms with van der Waals surface area (Å²) in [5.41, 5.74) is 1.16. The van der Waals surface area contributed by atoms with E-state index in [1.54, 1.807) is 0 Å². The molecule has 1 saturated heterocycles. The minimum absolute atomic E-state index is 0.103. The zero-order valence-electron chi connectivity index (χ0n) is 13.1. The van der Waals surface area contributed by atoms with Crippen LogP contribution in [0.5, 0.6) is 0 Å². The van der Waals surface area contributed by atoms with Crippen molar-refractivity contribution in [3.63, 3.8) is 0 Å². The summed E-state index contributed by atoms with van der Waals surface area (Å²) in [6, 6.07) is 10.5. The number of para-hydroxylation sites is 1. The van der Waals surface area contributed by atoms with Gasteiger partial charge in [0.2, 0.25) is 0 Å². The van der Waals surface area contributed by atoms with E-state index in [9.17, 15) is 4.79 Å². The summed E-state index contributed by atoms with van der Waals surface area (Å²) in [7, 11) is 1.47. The zero-order chi connectivity index (χ0) is 15.1. The maximum Gasteiger partial charge on any atom is 0.307 e. The second kappa shape index (κ2) is 7.46. The fourth-order valence-corrected chi connectivity index (χ4v) is 2.99. The van der Waals surface area contributed by atoms with Crippen molar-refractivity contribution in [3.05, 3.63) is 30.3 Å². The third-order valence-corrected chi connectivity index (χ3v) is 4.30. The molecule has 0 amide bonds. The van der Waals surface area contributed by atoms with Crippen LogP contribution in [0.25, 0.3) is 0 Å². The molecule has 4 nitrogen and oxygen atoms in total. The van der Waals surface area contributed by atoms with E-state index in [0.29, 0.717) is 6.42 Å². The molecule has 1 heterocycles. The molecule has 0 spiro atoms. The van der Waals surface area contributed by atoms with Crippen molar-refractivity contribution in [3.8, 4) is 0 Å². The number of anilines is 1. The standard InChI is InChI=1S/C17H26N2O2/c1-3-11-18-17(14-16(20)21-2)9-12-19(13-10-17)15-7-5-4-6-8-15/h4-8,18H,3,9-14H2,1-2H3. The quantitative estimate of drug-likeness (QED) is 0.818. The van der Waals surface area contributed by atoms with Gasteiger partial charge in [-0.05, 0) is 37.9 Å². The lowest BCUT2D eigenvalue weighted by Gasteiger charge is -2.43. The molecule has 0 saturated carbocycles. The number of nitrogens with one attached hydrogen (secondary N) is 1. The Morgan fingerprint density at radius 3 is 2.52 bits per heavy atom. The van der Waals surface area contributed by atoms with E-state index in [0.717, 1.165) is 38.9 Å². The molecule has 1 aliphatic rings. The Balaban J connectivity index is 2.00. The zero-order valence-corrected chi connectivity index (χ0v) is 13.1. The molecule has 1 aromatic carbocycles. The van der Waals surface area contributed by atoms with Crippen molar-refractivity contribution in [2.24, 2.45) is 0 Å². The molecule has 0 aliphatic carbocycles. The Morgan fingerprint density at radius 1 is 1.29 bits per heavy atom. The van der Waals surface area contributed by atoms with Crippen LogP contribution in [0.1, 0.15) is 32.6 Å². The van der Waals surface area contributed by atoms with Crippen molar-refractivity contribution in [2.75, 3.05) is 31.6 Å². The normalized spacial score (nSPS) is 17.5. The number of nitrogens with zero attached hydrogens (tertiary/aromatic N) is 1. The Kier molecular flexibility index (Phi) is 5.62. The smallest absolute Gasteiger partial charge is 0.307 e.